The summed E-state index contributed by atoms with van der Waals surface area (Å²) in [6.07, 6.45) is 1.66. The van der Waals surface area contributed by atoms with Gasteiger partial charge in [0.1, 0.15) is 0 Å². The summed E-state index contributed by atoms with van der Waals surface area (Å²) < 4.78 is 1.14. The van der Waals surface area contributed by atoms with Gasteiger partial charge in [-0.05, 0) is 44.4 Å². The fourth-order valence-electron chi connectivity index (χ4n) is 2.07. The molecule has 0 amide bonds. The molecule has 1 N–H and O–H groups in total. The van der Waals surface area contributed by atoms with E-state index >= 15 is 0 Å². The fourth-order valence-corrected chi connectivity index (χ4v) is 4.33. The van der Waals surface area contributed by atoms with Gasteiger partial charge >= 0.3 is 5.97 Å². The summed E-state index contributed by atoms with van der Waals surface area (Å²) in [4.78, 5) is 12.4. The van der Waals surface area contributed by atoms with Crippen molar-refractivity contribution in [3.05, 3.63) is 28.2 Å². The van der Waals surface area contributed by atoms with Gasteiger partial charge in [0.25, 0.3) is 0 Å². The highest BCUT2D eigenvalue weighted by Gasteiger charge is 2.34. The zero-order valence-electron chi connectivity index (χ0n) is 9.87. The van der Waals surface area contributed by atoms with Crippen molar-refractivity contribution >= 4 is 33.7 Å². The van der Waals surface area contributed by atoms with E-state index < -0.39 is 11.4 Å². The number of aliphatic carboxylic acids is 1. The molecule has 92 valence electrons. The molecule has 2 nitrogen and oxygen atoms in total. The molecule has 2 rings (SSSR count). The number of rotatable bonds is 3. The van der Waals surface area contributed by atoms with E-state index in [1.54, 1.807) is 25.6 Å². The average Bonchev–Trinajstić information content (AvgIpc) is 2.60. The number of carboxylic acids is 1. The number of thioether (sulfide) groups is 1. The molecule has 0 spiro atoms. The van der Waals surface area contributed by atoms with Crippen LogP contribution in [0.3, 0.4) is 0 Å². The molecule has 1 aromatic rings. The Balaban J connectivity index is 2.11. The fraction of sp³-hybridized carbons (Fsp3) is 0.462. The van der Waals surface area contributed by atoms with E-state index in [0.29, 0.717) is 11.7 Å². The van der Waals surface area contributed by atoms with Crippen molar-refractivity contribution < 1.29 is 9.90 Å². The van der Waals surface area contributed by atoms with Gasteiger partial charge in [-0.3, -0.25) is 4.79 Å². The van der Waals surface area contributed by atoms with E-state index in [1.165, 1.54) is 10.5 Å². The van der Waals surface area contributed by atoms with Crippen LogP contribution in [0, 0.1) is 5.41 Å². The molecule has 1 aliphatic rings. The van der Waals surface area contributed by atoms with Crippen LogP contribution in [-0.2, 0) is 11.2 Å². The molecular formula is C13H15BrO2S. The van der Waals surface area contributed by atoms with Crippen molar-refractivity contribution in [1.82, 2.24) is 0 Å². The monoisotopic (exact) mass is 314 g/mol. The van der Waals surface area contributed by atoms with E-state index in [4.69, 9.17) is 5.11 Å². The summed E-state index contributed by atoms with van der Waals surface area (Å²) in [5, 5.41) is 9.52. The Kier molecular flexibility index (Phi) is 3.55. The third kappa shape index (κ3) is 2.68. The van der Waals surface area contributed by atoms with Gasteiger partial charge in [0.2, 0.25) is 0 Å². The molecule has 1 aliphatic heterocycles. The van der Waals surface area contributed by atoms with E-state index in [2.05, 4.69) is 22.0 Å². The predicted octanol–water partition coefficient (Wildman–Crippen LogP) is 3.97. The zero-order valence-corrected chi connectivity index (χ0v) is 12.3. The minimum Gasteiger partial charge on any atom is -0.481 e. The topological polar surface area (TPSA) is 37.3 Å². The summed E-state index contributed by atoms with van der Waals surface area (Å²) in [5.74, 6) is -0.715. The second-order valence-corrected chi connectivity index (χ2v) is 7.25. The lowest BCUT2D eigenvalue weighted by Gasteiger charge is -2.22. The SMILES string of the molecule is CC(C)(CC1Cc2c(Br)cccc2S1)C(=O)O. The first kappa shape index (κ1) is 13.0. The van der Waals surface area contributed by atoms with Crippen molar-refractivity contribution in [3.63, 3.8) is 0 Å². The maximum absolute atomic E-state index is 11.1. The maximum atomic E-state index is 11.1. The average molecular weight is 315 g/mol. The molecule has 1 aromatic carbocycles. The Bertz CT molecular complexity index is 457. The smallest absolute Gasteiger partial charge is 0.309 e. The summed E-state index contributed by atoms with van der Waals surface area (Å²) in [5.41, 5.74) is 0.676. The highest BCUT2D eigenvalue weighted by Crippen LogP contribution is 2.44. The lowest BCUT2D eigenvalue weighted by molar-refractivity contribution is -0.147. The first-order valence-electron chi connectivity index (χ1n) is 5.57. The van der Waals surface area contributed by atoms with E-state index in [0.717, 1.165) is 10.9 Å². The highest BCUT2D eigenvalue weighted by molar-refractivity contribution is 9.10. The summed E-state index contributed by atoms with van der Waals surface area (Å²) in [7, 11) is 0. The molecule has 0 radical (unpaired) electrons. The van der Waals surface area contributed by atoms with Gasteiger partial charge in [0.15, 0.2) is 0 Å². The first-order valence-corrected chi connectivity index (χ1v) is 7.25. The molecule has 17 heavy (non-hydrogen) atoms. The van der Waals surface area contributed by atoms with Crippen LogP contribution in [0.15, 0.2) is 27.6 Å². The van der Waals surface area contributed by atoms with Gasteiger partial charge in [-0.1, -0.05) is 22.0 Å². The van der Waals surface area contributed by atoms with Crippen LogP contribution in [0.2, 0.25) is 0 Å². The van der Waals surface area contributed by atoms with Crippen LogP contribution in [0.1, 0.15) is 25.8 Å². The number of fused-ring (bicyclic) bond motifs is 1. The van der Waals surface area contributed by atoms with Gasteiger partial charge in [-0.15, -0.1) is 11.8 Å². The van der Waals surface area contributed by atoms with Crippen LogP contribution in [0.25, 0.3) is 0 Å². The molecular weight excluding hydrogens is 300 g/mol. The Morgan fingerprint density at radius 3 is 2.88 bits per heavy atom. The Morgan fingerprint density at radius 2 is 2.29 bits per heavy atom. The van der Waals surface area contributed by atoms with Crippen LogP contribution in [0.4, 0.5) is 0 Å². The molecule has 4 heteroatoms. The quantitative estimate of drug-likeness (QED) is 0.917. The Hall–Kier alpha value is -0.480. The zero-order chi connectivity index (χ0) is 12.6. The molecule has 0 fully saturated rings. The summed E-state index contributed by atoms with van der Waals surface area (Å²) in [6.45, 7) is 3.60. The molecule has 0 aliphatic carbocycles. The number of halogens is 1. The molecule has 0 bridgehead atoms. The number of carbonyl (C=O) groups is 1. The number of hydrogen-bond donors (Lipinski definition) is 1. The third-order valence-electron chi connectivity index (χ3n) is 3.12. The summed E-state index contributed by atoms with van der Waals surface area (Å²) >= 11 is 5.35. The lowest BCUT2D eigenvalue weighted by Crippen LogP contribution is -2.27. The normalized spacial score (nSPS) is 19.1. The van der Waals surface area contributed by atoms with Crippen molar-refractivity contribution in [2.75, 3.05) is 0 Å². The van der Waals surface area contributed by atoms with Crippen molar-refractivity contribution in [1.29, 1.82) is 0 Å². The minimum absolute atomic E-state index is 0.370. The lowest BCUT2D eigenvalue weighted by atomic mass is 9.86. The van der Waals surface area contributed by atoms with Gasteiger partial charge in [-0.25, -0.2) is 0 Å². The largest absolute Gasteiger partial charge is 0.481 e. The molecule has 1 heterocycles. The van der Waals surface area contributed by atoms with Crippen LogP contribution in [0.5, 0.6) is 0 Å². The molecule has 0 saturated heterocycles. The number of benzene rings is 1. The van der Waals surface area contributed by atoms with Gasteiger partial charge in [0, 0.05) is 14.6 Å². The van der Waals surface area contributed by atoms with Gasteiger partial charge < -0.3 is 5.11 Å². The second kappa shape index (κ2) is 4.65. The Morgan fingerprint density at radius 1 is 1.59 bits per heavy atom. The molecule has 0 aromatic heterocycles. The standard InChI is InChI=1S/C13H15BrO2S/c1-13(2,12(15)16)7-8-6-9-10(14)4-3-5-11(9)17-8/h3-5,8H,6-7H2,1-2H3,(H,15,16). The predicted molar refractivity (Wildman–Crippen MR) is 73.5 cm³/mol. The number of hydrogen-bond acceptors (Lipinski definition) is 2. The van der Waals surface area contributed by atoms with Crippen molar-refractivity contribution in [3.8, 4) is 0 Å². The number of carboxylic acid groups (broad SMARTS) is 1. The van der Waals surface area contributed by atoms with Crippen LogP contribution >= 0.6 is 27.7 Å². The third-order valence-corrected chi connectivity index (χ3v) is 5.16. The maximum Gasteiger partial charge on any atom is 0.309 e. The molecule has 1 unspecified atom stereocenters. The van der Waals surface area contributed by atoms with E-state index in [1.807, 2.05) is 12.1 Å². The van der Waals surface area contributed by atoms with Crippen molar-refractivity contribution in [2.24, 2.45) is 5.41 Å². The van der Waals surface area contributed by atoms with Crippen LogP contribution < -0.4 is 0 Å². The van der Waals surface area contributed by atoms with Gasteiger partial charge in [0.05, 0.1) is 5.41 Å². The second-order valence-electron chi connectivity index (χ2n) is 5.05. The highest BCUT2D eigenvalue weighted by atomic mass is 79.9. The van der Waals surface area contributed by atoms with E-state index in [9.17, 15) is 4.79 Å². The summed E-state index contributed by atoms with van der Waals surface area (Å²) in [6, 6.07) is 6.18. The Labute approximate surface area is 114 Å². The minimum atomic E-state index is -0.715. The van der Waals surface area contributed by atoms with E-state index in [-0.39, 0.29) is 0 Å². The first-order chi connectivity index (χ1) is 7.90. The van der Waals surface area contributed by atoms with Crippen LogP contribution in [-0.4, -0.2) is 16.3 Å². The molecule has 1 atom stereocenters. The van der Waals surface area contributed by atoms with Crippen molar-refractivity contribution in [2.45, 2.75) is 36.8 Å². The van der Waals surface area contributed by atoms with Gasteiger partial charge in [-0.2, -0.15) is 0 Å². The molecule has 0 saturated carbocycles.